The van der Waals surface area contributed by atoms with E-state index < -0.39 is 16.2 Å². The van der Waals surface area contributed by atoms with Crippen LogP contribution in [0.15, 0.2) is 24.3 Å². The van der Waals surface area contributed by atoms with E-state index in [2.05, 4.69) is 33.4 Å². The largest absolute Gasteiger partial charge is 0.461 e. The summed E-state index contributed by atoms with van der Waals surface area (Å²) in [5.41, 5.74) is -1.36. The van der Waals surface area contributed by atoms with Gasteiger partial charge in [-0.3, -0.25) is 4.79 Å². The first-order valence-electron chi connectivity index (χ1n) is 10.4. The van der Waals surface area contributed by atoms with Crippen molar-refractivity contribution in [2.24, 2.45) is 45.8 Å². The minimum atomic E-state index is -1.02. The minimum absolute atomic E-state index is 0.0687. The summed E-state index contributed by atoms with van der Waals surface area (Å²) in [6, 6.07) is 0. The van der Waals surface area contributed by atoms with Crippen molar-refractivity contribution in [3.63, 3.8) is 0 Å². The fraction of sp³-hybridized carbons (Fsp3) is 0.739. The van der Waals surface area contributed by atoms with Crippen molar-refractivity contribution >= 4 is 12.3 Å². The number of ether oxygens (including phenoxy) is 1. The SMILES string of the molecule is C=CCOC(=O)C12C(C(C)C)=CC3CC1(C=O)C1CCC(C)C1CC32CO. The molecule has 0 spiro atoms. The first-order valence-corrected chi connectivity index (χ1v) is 10.4. The molecule has 148 valence electrons. The van der Waals surface area contributed by atoms with E-state index in [9.17, 15) is 14.7 Å². The molecule has 3 fully saturated rings. The Kier molecular flexibility index (Phi) is 4.23. The molecule has 0 aromatic rings. The zero-order valence-corrected chi connectivity index (χ0v) is 16.7. The number of hydrogen-bond acceptors (Lipinski definition) is 4. The van der Waals surface area contributed by atoms with E-state index in [0.29, 0.717) is 18.3 Å². The van der Waals surface area contributed by atoms with Gasteiger partial charge in [0.15, 0.2) is 0 Å². The molecule has 0 aliphatic heterocycles. The summed E-state index contributed by atoms with van der Waals surface area (Å²) in [5.74, 6) is 1.01. The van der Waals surface area contributed by atoms with Crippen LogP contribution in [-0.4, -0.2) is 30.6 Å². The number of rotatable bonds is 6. The molecule has 0 radical (unpaired) electrons. The van der Waals surface area contributed by atoms with E-state index in [1.54, 1.807) is 6.08 Å². The van der Waals surface area contributed by atoms with Crippen molar-refractivity contribution in [3.05, 3.63) is 24.3 Å². The lowest BCUT2D eigenvalue weighted by atomic mass is 9.43. The molecule has 4 rings (SSSR count). The van der Waals surface area contributed by atoms with E-state index in [4.69, 9.17) is 4.74 Å². The smallest absolute Gasteiger partial charge is 0.318 e. The predicted octanol–water partition coefficient (Wildman–Crippen LogP) is 3.55. The summed E-state index contributed by atoms with van der Waals surface area (Å²) in [6.07, 6.45) is 8.44. The highest BCUT2D eigenvalue weighted by Crippen LogP contribution is 2.82. The molecule has 4 heteroatoms. The quantitative estimate of drug-likeness (QED) is 0.440. The topological polar surface area (TPSA) is 63.6 Å². The van der Waals surface area contributed by atoms with Crippen LogP contribution in [0.5, 0.6) is 0 Å². The number of aliphatic hydroxyl groups is 1. The zero-order valence-electron chi connectivity index (χ0n) is 16.7. The van der Waals surface area contributed by atoms with Gasteiger partial charge < -0.3 is 14.6 Å². The maximum atomic E-state index is 13.7. The monoisotopic (exact) mass is 372 g/mol. The van der Waals surface area contributed by atoms with Crippen molar-refractivity contribution < 1.29 is 19.4 Å². The molecular formula is C23H32O4. The van der Waals surface area contributed by atoms with Crippen LogP contribution in [0.3, 0.4) is 0 Å². The van der Waals surface area contributed by atoms with Crippen molar-refractivity contribution in [1.82, 2.24) is 0 Å². The number of aldehydes is 1. The van der Waals surface area contributed by atoms with Gasteiger partial charge in [0.25, 0.3) is 0 Å². The van der Waals surface area contributed by atoms with Crippen molar-refractivity contribution in [1.29, 1.82) is 0 Å². The van der Waals surface area contributed by atoms with Crippen LogP contribution in [0, 0.1) is 45.8 Å². The zero-order chi connectivity index (χ0) is 19.6. The van der Waals surface area contributed by atoms with Crippen LogP contribution in [0.4, 0.5) is 0 Å². The molecule has 1 N–H and O–H groups in total. The predicted molar refractivity (Wildman–Crippen MR) is 103 cm³/mol. The maximum Gasteiger partial charge on any atom is 0.318 e. The summed E-state index contributed by atoms with van der Waals surface area (Å²) < 4.78 is 5.67. The fourth-order valence-electron chi connectivity index (χ4n) is 7.88. The first kappa shape index (κ1) is 18.9. The number of aliphatic hydroxyl groups excluding tert-OH is 1. The molecule has 0 aromatic carbocycles. The highest BCUT2D eigenvalue weighted by molar-refractivity contribution is 5.91. The Labute approximate surface area is 162 Å². The van der Waals surface area contributed by atoms with Crippen LogP contribution < -0.4 is 0 Å². The Bertz CT molecular complexity index is 709. The maximum absolute atomic E-state index is 13.7. The van der Waals surface area contributed by atoms with Gasteiger partial charge in [-0.15, -0.1) is 0 Å². The van der Waals surface area contributed by atoms with Gasteiger partial charge in [-0.2, -0.15) is 0 Å². The normalized spacial score (nSPS) is 46.9. The summed E-state index contributed by atoms with van der Waals surface area (Å²) >= 11 is 0. The molecule has 4 aliphatic rings. The van der Waals surface area contributed by atoms with E-state index in [-0.39, 0.29) is 36.9 Å². The number of carbonyl (C=O) groups excluding carboxylic acids is 2. The van der Waals surface area contributed by atoms with Crippen molar-refractivity contribution in [2.45, 2.75) is 46.5 Å². The standard InChI is InChI=1S/C23H32O4/c1-5-8-27-20(26)23-19(14(2)3)9-16-10-22(23,13-25)18-7-6-15(4)17(18)11-21(16,23)12-24/h5,9,13-18,24H,1,6-8,10-12H2,2-4H3. The van der Waals surface area contributed by atoms with Crippen LogP contribution >= 0.6 is 0 Å². The van der Waals surface area contributed by atoms with Crippen molar-refractivity contribution in [3.8, 4) is 0 Å². The van der Waals surface area contributed by atoms with Crippen LogP contribution in [0.1, 0.15) is 46.5 Å². The number of fused-ring (bicyclic) bond motifs is 2. The lowest BCUT2D eigenvalue weighted by Crippen LogP contribution is -2.63. The molecule has 7 atom stereocenters. The van der Waals surface area contributed by atoms with E-state index >= 15 is 0 Å². The van der Waals surface area contributed by atoms with Crippen LogP contribution in [-0.2, 0) is 14.3 Å². The molecule has 4 bridgehead atoms. The summed E-state index contributed by atoms with van der Waals surface area (Å²) in [5, 5.41) is 10.7. The molecule has 4 nitrogen and oxygen atoms in total. The third-order valence-corrected chi connectivity index (χ3v) is 8.72. The highest BCUT2D eigenvalue weighted by atomic mass is 16.5. The van der Waals surface area contributed by atoms with E-state index in [1.807, 2.05) is 0 Å². The third-order valence-electron chi connectivity index (χ3n) is 8.72. The number of carbonyl (C=O) groups is 2. The molecule has 7 unspecified atom stereocenters. The summed E-state index contributed by atoms with van der Waals surface area (Å²) in [6.45, 7) is 10.2. The molecule has 4 aliphatic carbocycles. The van der Waals surface area contributed by atoms with Gasteiger partial charge in [-0.1, -0.05) is 51.5 Å². The Balaban J connectivity index is 1.98. The van der Waals surface area contributed by atoms with Gasteiger partial charge in [0.05, 0.1) is 12.0 Å². The van der Waals surface area contributed by atoms with Gasteiger partial charge in [-0.05, 0) is 48.9 Å². The van der Waals surface area contributed by atoms with Crippen LogP contribution in [0.25, 0.3) is 0 Å². The lowest BCUT2D eigenvalue weighted by molar-refractivity contribution is -0.188. The van der Waals surface area contributed by atoms with Gasteiger partial charge >= 0.3 is 5.97 Å². The Morgan fingerprint density at radius 2 is 2.15 bits per heavy atom. The second kappa shape index (κ2) is 6.04. The molecule has 0 amide bonds. The molecule has 0 heterocycles. The number of hydrogen-bond donors (Lipinski definition) is 1. The molecule has 0 aromatic heterocycles. The lowest BCUT2D eigenvalue weighted by Gasteiger charge is -2.58. The number of esters is 1. The average molecular weight is 373 g/mol. The summed E-state index contributed by atoms with van der Waals surface area (Å²) in [4.78, 5) is 26.6. The Hall–Kier alpha value is -1.42. The second-order valence-corrected chi connectivity index (χ2v) is 9.73. The van der Waals surface area contributed by atoms with Crippen molar-refractivity contribution in [2.75, 3.05) is 13.2 Å². The van der Waals surface area contributed by atoms with E-state index in [0.717, 1.165) is 31.1 Å². The fourth-order valence-corrected chi connectivity index (χ4v) is 7.88. The number of allylic oxidation sites excluding steroid dienone is 1. The van der Waals surface area contributed by atoms with Crippen LogP contribution in [0.2, 0.25) is 0 Å². The molecular weight excluding hydrogens is 340 g/mol. The van der Waals surface area contributed by atoms with Gasteiger partial charge in [0.2, 0.25) is 0 Å². The van der Waals surface area contributed by atoms with Gasteiger partial charge in [-0.25, -0.2) is 0 Å². The first-order chi connectivity index (χ1) is 12.9. The summed E-state index contributed by atoms with van der Waals surface area (Å²) in [7, 11) is 0. The minimum Gasteiger partial charge on any atom is -0.461 e. The van der Waals surface area contributed by atoms with Gasteiger partial charge in [0.1, 0.15) is 18.3 Å². The Morgan fingerprint density at radius 1 is 1.41 bits per heavy atom. The molecule has 0 saturated heterocycles. The van der Waals surface area contributed by atoms with Gasteiger partial charge in [0, 0.05) is 5.41 Å². The second-order valence-electron chi connectivity index (χ2n) is 9.73. The highest BCUT2D eigenvalue weighted by Gasteiger charge is 2.84. The van der Waals surface area contributed by atoms with E-state index in [1.165, 1.54) is 0 Å². The average Bonchev–Trinajstić information content (AvgIpc) is 3.23. The molecule has 3 saturated carbocycles. The third kappa shape index (κ3) is 1.88. The Morgan fingerprint density at radius 3 is 2.74 bits per heavy atom. The molecule has 27 heavy (non-hydrogen) atoms.